The molecule has 0 fully saturated rings. The Labute approximate surface area is 107 Å². The van der Waals surface area contributed by atoms with Gasteiger partial charge in [-0.3, -0.25) is 0 Å². The van der Waals surface area contributed by atoms with Crippen LogP contribution in [0.3, 0.4) is 0 Å². The Morgan fingerprint density at radius 3 is 2.37 bits per heavy atom. The molecular formula is C12H8F2N4O. The van der Waals surface area contributed by atoms with Gasteiger partial charge < -0.3 is 10.5 Å². The van der Waals surface area contributed by atoms with E-state index in [9.17, 15) is 8.78 Å². The third-order valence-electron chi connectivity index (χ3n) is 2.18. The van der Waals surface area contributed by atoms with Crippen LogP contribution in [0.15, 0.2) is 18.2 Å². The Balaban J connectivity index is 2.41. The molecule has 1 heterocycles. The first-order valence-corrected chi connectivity index (χ1v) is 5.17. The zero-order valence-corrected chi connectivity index (χ0v) is 9.82. The zero-order valence-electron chi connectivity index (χ0n) is 9.82. The minimum absolute atomic E-state index is 0.0653. The van der Waals surface area contributed by atoms with Crippen LogP contribution in [0, 0.1) is 29.9 Å². The Kier molecular flexibility index (Phi) is 3.25. The molecule has 0 aliphatic rings. The van der Waals surface area contributed by atoms with Gasteiger partial charge in [0.2, 0.25) is 17.6 Å². The number of halogens is 2. The molecule has 1 aromatic heterocycles. The van der Waals surface area contributed by atoms with Crippen molar-refractivity contribution < 1.29 is 13.5 Å². The van der Waals surface area contributed by atoms with Gasteiger partial charge in [-0.2, -0.15) is 10.2 Å². The van der Waals surface area contributed by atoms with E-state index < -0.39 is 17.4 Å². The number of aryl methyl sites for hydroxylation is 1. The van der Waals surface area contributed by atoms with Crippen LogP contribution in [0.1, 0.15) is 11.3 Å². The van der Waals surface area contributed by atoms with Gasteiger partial charge in [0.15, 0.2) is 11.6 Å². The van der Waals surface area contributed by atoms with E-state index in [1.807, 2.05) is 0 Å². The first-order chi connectivity index (χ1) is 8.99. The number of hydrogen-bond donors (Lipinski definition) is 1. The maximum Gasteiger partial charge on any atom is 0.224 e. The van der Waals surface area contributed by atoms with Crippen LogP contribution in [0.5, 0.6) is 11.6 Å². The van der Waals surface area contributed by atoms with Crippen molar-refractivity contribution in [1.29, 1.82) is 5.26 Å². The number of aromatic nitrogens is 2. The molecule has 7 heteroatoms. The Bertz CT molecular complexity index is 639. The molecule has 96 valence electrons. The van der Waals surface area contributed by atoms with E-state index in [4.69, 9.17) is 15.7 Å². The topological polar surface area (TPSA) is 84.8 Å². The maximum atomic E-state index is 13.6. The monoisotopic (exact) mass is 262 g/mol. The van der Waals surface area contributed by atoms with Gasteiger partial charge in [-0.25, -0.2) is 13.8 Å². The summed E-state index contributed by atoms with van der Waals surface area (Å²) in [5.41, 5.74) is 5.76. The molecule has 2 N–H and O–H groups in total. The number of nitrogens with zero attached hydrogens (tertiary/aromatic N) is 3. The molecule has 0 unspecified atom stereocenters. The summed E-state index contributed by atoms with van der Waals surface area (Å²) in [7, 11) is 0. The normalized spacial score (nSPS) is 10.0. The van der Waals surface area contributed by atoms with Crippen molar-refractivity contribution in [2.75, 3.05) is 5.73 Å². The molecule has 0 aliphatic carbocycles. The number of nitrogen functional groups attached to an aromatic ring is 1. The first-order valence-electron chi connectivity index (χ1n) is 5.17. The lowest BCUT2D eigenvalue weighted by Gasteiger charge is -2.08. The smallest absolute Gasteiger partial charge is 0.224 e. The number of ether oxygens (including phenoxy) is 1. The number of nitrogens with two attached hydrogens (primary N) is 1. The standard InChI is InChI=1S/C12H8F2N4O/c1-6-2-10(18-12(16)17-6)19-11-8(13)3-7(5-15)4-9(11)14/h2-4H,1H3,(H2,16,17,18). The molecule has 0 saturated carbocycles. The lowest BCUT2D eigenvalue weighted by Crippen LogP contribution is -2.01. The van der Waals surface area contributed by atoms with Gasteiger partial charge in [0.1, 0.15) is 0 Å². The van der Waals surface area contributed by atoms with Crippen molar-refractivity contribution in [2.24, 2.45) is 0 Å². The van der Waals surface area contributed by atoms with Gasteiger partial charge >= 0.3 is 0 Å². The van der Waals surface area contributed by atoms with E-state index in [2.05, 4.69) is 9.97 Å². The average Bonchev–Trinajstić information content (AvgIpc) is 2.32. The van der Waals surface area contributed by atoms with Crippen LogP contribution < -0.4 is 10.5 Å². The van der Waals surface area contributed by atoms with Crippen molar-refractivity contribution in [2.45, 2.75) is 6.92 Å². The zero-order chi connectivity index (χ0) is 14.0. The summed E-state index contributed by atoms with van der Waals surface area (Å²) in [4.78, 5) is 7.50. The van der Waals surface area contributed by atoms with E-state index in [1.54, 1.807) is 13.0 Å². The Hall–Kier alpha value is -2.75. The number of rotatable bonds is 2. The molecule has 2 rings (SSSR count). The highest BCUT2D eigenvalue weighted by Gasteiger charge is 2.15. The lowest BCUT2D eigenvalue weighted by atomic mass is 10.2. The average molecular weight is 262 g/mol. The van der Waals surface area contributed by atoms with E-state index in [0.717, 1.165) is 12.1 Å². The molecule has 0 amide bonds. The number of nitriles is 1. The molecule has 2 aromatic rings. The summed E-state index contributed by atoms with van der Waals surface area (Å²) in [5, 5.41) is 8.58. The Morgan fingerprint density at radius 2 is 1.84 bits per heavy atom. The van der Waals surface area contributed by atoms with E-state index in [0.29, 0.717) is 5.69 Å². The highest BCUT2D eigenvalue weighted by Crippen LogP contribution is 2.27. The SMILES string of the molecule is Cc1cc(Oc2c(F)cc(C#N)cc2F)nc(N)n1. The molecule has 0 aliphatic heterocycles. The van der Waals surface area contributed by atoms with Crippen molar-refractivity contribution in [3.05, 3.63) is 41.1 Å². The van der Waals surface area contributed by atoms with Crippen LogP contribution in [0.25, 0.3) is 0 Å². The van der Waals surface area contributed by atoms with Gasteiger partial charge in [-0.05, 0) is 19.1 Å². The summed E-state index contributed by atoms with van der Waals surface area (Å²) in [5.74, 6) is -2.77. The Morgan fingerprint density at radius 1 is 1.21 bits per heavy atom. The lowest BCUT2D eigenvalue weighted by molar-refractivity contribution is 0.395. The first kappa shape index (κ1) is 12.7. The summed E-state index contributed by atoms with van der Waals surface area (Å²) in [6.45, 7) is 1.64. The second kappa shape index (κ2) is 4.86. The van der Waals surface area contributed by atoms with Crippen LogP contribution >= 0.6 is 0 Å². The number of anilines is 1. The molecule has 19 heavy (non-hydrogen) atoms. The van der Waals surface area contributed by atoms with Gasteiger partial charge in [0.25, 0.3) is 0 Å². The fraction of sp³-hybridized carbons (Fsp3) is 0.0833. The van der Waals surface area contributed by atoms with Crippen LogP contribution in [-0.4, -0.2) is 9.97 Å². The molecule has 5 nitrogen and oxygen atoms in total. The molecule has 1 aromatic carbocycles. The third kappa shape index (κ3) is 2.74. The summed E-state index contributed by atoms with van der Waals surface area (Å²) >= 11 is 0. The second-order valence-electron chi connectivity index (χ2n) is 3.69. The highest BCUT2D eigenvalue weighted by molar-refractivity contribution is 5.39. The maximum absolute atomic E-state index is 13.6. The van der Waals surface area contributed by atoms with Crippen LogP contribution in [0.2, 0.25) is 0 Å². The van der Waals surface area contributed by atoms with Crippen molar-refractivity contribution in [3.8, 4) is 17.7 Å². The molecule has 0 radical (unpaired) electrons. The fourth-order valence-electron chi connectivity index (χ4n) is 1.44. The highest BCUT2D eigenvalue weighted by atomic mass is 19.1. The van der Waals surface area contributed by atoms with Crippen LogP contribution in [-0.2, 0) is 0 Å². The minimum atomic E-state index is -0.994. The van der Waals surface area contributed by atoms with E-state index in [-0.39, 0.29) is 17.4 Å². The number of hydrogen-bond acceptors (Lipinski definition) is 5. The van der Waals surface area contributed by atoms with Crippen molar-refractivity contribution in [1.82, 2.24) is 9.97 Å². The predicted molar refractivity (Wildman–Crippen MR) is 62.3 cm³/mol. The van der Waals surface area contributed by atoms with E-state index in [1.165, 1.54) is 6.07 Å². The van der Waals surface area contributed by atoms with Crippen LogP contribution in [0.4, 0.5) is 14.7 Å². The summed E-state index contributed by atoms with van der Waals surface area (Å²) in [6, 6.07) is 4.76. The third-order valence-corrected chi connectivity index (χ3v) is 2.18. The molecule has 0 bridgehead atoms. The van der Waals surface area contributed by atoms with E-state index >= 15 is 0 Å². The van der Waals surface area contributed by atoms with Crippen molar-refractivity contribution in [3.63, 3.8) is 0 Å². The van der Waals surface area contributed by atoms with Gasteiger partial charge in [0.05, 0.1) is 11.6 Å². The fourth-order valence-corrected chi connectivity index (χ4v) is 1.44. The quantitative estimate of drug-likeness (QED) is 0.897. The molecule has 0 spiro atoms. The molecule has 0 atom stereocenters. The summed E-state index contributed by atoms with van der Waals surface area (Å²) in [6.07, 6.45) is 0. The second-order valence-corrected chi connectivity index (χ2v) is 3.69. The van der Waals surface area contributed by atoms with Gasteiger partial charge in [-0.15, -0.1) is 0 Å². The minimum Gasteiger partial charge on any atom is -0.433 e. The van der Waals surface area contributed by atoms with Crippen molar-refractivity contribution >= 4 is 5.95 Å². The molecular weight excluding hydrogens is 254 g/mol. The summed E-state index contributed by atoms with van der Waals surface area (Å²) < 4.78 is 32.2. The molecule has 0 saturated heterocycles. The van der Waals surface area contributed by atoms with Gasteiger partial charge in [0, 0.05) is 11.8 Å². The predicted octanol–water partition coefficient (Wildman–Crippen LogP) is 2.31. The number of benzene rings is 1. The van der Waals surface area contributed by atoms with Gasteiger partial charge in [-0.1, -0.05) is 0 Å². The largest absolute Gasteiger partial charge is 0.433 e.